The molecule has 3 heteroatoms. The van der Waals surface area contributed by atoms with Crippen molar-refractivity contribution in [2.45, 2.75) is 0 Å². The van der Waals surface area contributed by atoms with E-state index in [1.165, 1.54) is 0 Å². The molecule has 0 aromatic rings. The molecule has 0 atom stereocenters. The Morgan fingerprint density at radius 2 is 2.40 bits per heavy atom. The highest BCUT2D eigenvalue weighted by atomic mass is 16.3. The standard InChI is InChI=1S/C2H6BNO/c3-4-1-2-5/h4-5H,1-2H2. The zero-order valence-electron chi connectivity index (χ0n) is 2.94. The molecule has 0 unspecified atom stereocenters. The zero-order chi connectivity index (χ0) is 4.12. The second-order valence-corrected chi connectivity index (χ2v) is 0.678. The van der Waals surface area contributed by atoms with Gasteiger partial charge in [0.2, 0.25) is 0 Å². The molecule has 0 rings (SSSR count). The van der Waals surface area contributed by atoms with E-state index in [0.717, 1.165) is 0 Å². The van der Waals surface area contributed by atoms with Crippen molar-refractivity contribution < 1.29 is 5.11 Å². The Labute approximate surface area is 32.6 Å². The molecule has 0 aliphatic rings. The van der Waals surface area contributed by atoms with Crippen molar-refractivity contribution in [3.8, 4) is 0 Å². The summed E-state index contributed by atoms with van der Waals surface area (Å²) in [6.07, 6.45) is 0. The van der Waals surface area contributed by atoms with Crippen LogP contribution in [0.1, 0.15) is 0 Å². The summed E-state index contributed by atoms with van der Waals surface area (Å²) < 4.78 is 0. The first kappa shape index (κ1) is 4.98. The number of hydrogen-bond acceptors (Lipinski definition) is 2. The molecular weight excluding hydrogens is 64.8 g/mol. The number of hydrogen-bond donors (Lipinski definition) is 2. The Morgan fingerprint density at radius 3 is 2.40 bits per heavy atom. The number of nitrogens with one attached hydrogen (secondary N) is 1. The van der Waals surface area contributed by atoms with E-state index in [9.17, 15) is 0 Å². The van der Waals surface area contributed by atoms with Gasteiger partial charge in [-0.3, -0.25) is 0 Å². The van der Waals surface area contributed by atoms with Crippen LogP contribution in [0.2, 0.25) is 0 Å². The summed E-state index contributed by atoms with van der Waals surface area (Å²) in [6, 6.07) is 0. The van der Waals surface area contributed by atoms with Crippen molar-refractivity contribution in [1.29, 1.82) is 0 Å². The van der Waals surface area contributed by atoms with Crippen LogP contribution in [0.3, 0.4) is 0 Å². The van der Waals surface area contributed by atoms with E-state index in [1.54, 1.807) is 0 Å². The van der Waals surface area contributed by atoms with Crippen molar-refractivity contribution in [2.24, 2.45) is 0 Å². The molecule has 0 heterocycles. The summed E-state index contributed by atoms with van der Waals surface area (Å²) in [5.41, 5.74) is 0. The molecule has 0 fully saturated rings. The van der Waals surface area contributed by atoms with Gasteiger partial charge in [0.05, 0.1) is 6.61 Å². The van der Waals surface area contributed by atoms with Crippen LogP contribution in [0.4, 0.5) is 0 Å². The minimum absolute atomic E-state index is 0.108. The highest BCUT2D eigenvalue weighted by molar-refractivity contribution is 6.04. The van der Waals surface area contributed by atoms with Gasteiger partial charge >= 0.3 is 0 Å². The monoisotopic (exact) mass is 71.1 g/mol. The van der Waals surface area contributed by atoms with Gasteiger partial charge in [-0.1, -0.05) is 0 Å². The fourth-order valence-electron chi connectivity index (χ4n) is 0.0645. The molecule has 0 saturated heterocycles. The fourth-order valence-corrected chi connectivity index (χ4v) is 0.0645. The molecule has 0 aromatic carbocycles. The predicted molar refractivity (Wildman–Crippen MR) is 20.8 cm³/mol. The van der Waals surface area contributed by atoms with E-state index >= 15 is 0 Å². The van der Waals surface area contributed by atoms with Crippen molar-refractivity contribution in [2.75, 3.05) is 13.2 Å². The third-order valence-corrected chi connectivity index (χ3v) is 0.256. The van der Waals surface area contributed by atoms with Crippen LogP contribution in [0, 0.1) is 0 Å². The first-order chi connectivity index (χ1) is 2.41. The number of aliphatic hydroxyl groups is 1. The molecule has 2 nitrogen and oxygen atoms in total. The molecule has 2 radical (unpaired) electrons. The van der Waals surface area contributed by atoms with E-state index in [4.69, 9.17) is 13.1 Å². The Balaban J connectivity index is 2.19. The molecule has 2 N–H and O–H groups in total. The number of aliphatic hydroxyl groups excluding tert-OH is 1. The third-order valence-electron chi connectivity index (χ3n) is 0.256. The van der Waals surface area contributed by atoms with Crippen molar-refractivity contribution >= 4 is 7.98 Å². The molecule has 0 bridgehead atoms. The largest absolute Gasteiger partial charge is 0.395 e. The third kappa shape index (κ3) is 3.98. The quantitative estimate of drug-likeness (QED) is 0.394. The van der Waals surface area contributed by atoms with Gasteiger partial charge in [-0.05, 0) is 0 Å². The summed E-state index contributed by atoms with van der Waals surface area (Å²) in [4.78, 5) is 0. The van der Waals surface area contributed by atoms with Crippen LogP contribution in [-0.2, 0) is 0 Å². The van der Waals surface area contributed by atoms with Gasteiger partial charge in [0.25, 0.3) is 0 Å². The lowest BCUT2D eigenvalue weighted by Gasteiger charge is -1.84. The van der Waals surface area contributed by atoms with Crippen LogP contribution in [-0.4, -0.2) is 26.2 Å². The van der Waals surface area contributed by atoms with Gasteiger partial charge in [-0.15, -0.1) is 0 Å². The Bertz CT molecular complexity index is 17.1. The lowest BCUT2D eigenvalue weighted by Crippen LogP contribution is -2.12. The topological polar surface area (TPSA) is 32.3 Å². The molecular formula is C2H6BNO. The zero-order valence-corrected chi connectivity index (χ0v) is 2.94. The second-order valence-electron chi connectivity index (χ2n) is 0.678. The molecule has 0 saturated carbocycles. The SMILES string of the molecule is [B]NCCO. The lowest BCUT2D eigenvalue weighted by atomic mass is 10.4. The van der Waals surface area contributed by atoms with E-state index in [1.807, 2.05) is 0 Å². The van der Waals surface area contributed by atoms with Crippen LogP contribution in [0.5, 0.6) is 0 Å². The average Bonchev–Trinajstić information content (AvgIpc) is 1.41. The summed E-state index contributed by atoms with van der Waals surface area (Å²) in [5, 5.41) is 10.2. The molecule has 0 aliphatic carbocycles. The molecule has 28 valence electrons. The summed E-state index contributed by atoms with van der Waals surface area (Å²) in [6.45, 7) is 0.580. The number of rotatable bonds is 2. The van der Waals surface area contributed by atoms with Gasteiger partial charge in [0, 0.05) is 6.54 Å². The Kier molecular flexibility index (Phi) is 3.97. The van der Waals surface area contributed by atoms with Crippen molar-refractivity contribution in [3.63, 3.8) is 0 Å². The van der Waals surface area contributed by atoms with E-state index < -0.39 is 0 Å². The predicted octanol–water partition coefficient (Wildman–Crippen LogP) is -1.35. The lowest BCUT2D eigenvalue weighted by molar-refractivity contribution is 0.302. The normalized spacial score (nSPS) is 8.20. The van der Waals surface area contributed by atoms with Gasteiger partial charge < -0.3 is 10.3 Å². The minimum atomic E-state index is 0.108. The fraction of sp³-hybridized carbons (Fsp3) is 1.00. The van der Waals surface area contributed by atoms with Gasteiger partial charge in [-0.25, -0.2) is 0 Å². The van der Waals surface area contributed by atoms with Crippen LogP contribution < -0.4 is 5.23 Å². The molecule has 0 aromatic heterocycles. The first-order valence-electron chi connectivity index (χ1n) is 1.46. The maximum absolute atomic E-state index is 7.92. The van der Waals surface area contributed by atoms with E-state index in [-0.39, 0.29) is 6.61 Å². The Hall–Kier alpha value is -0.0151. The molecule has 5 heavy (non-hydrogen) atoms. The Morgan fingerprint density at radius 1 is 1.80 bits per heavy atom. The van der Waals surface area contributed by atoms with E-state index in [0.29, 0.717) is 6.54 Å². The maximum Gasteiger partial charge on any atom is 0.177 e. The van der Waals surface area contributed by atoms with Gasteiger partial charge in [-0.2, -0.15) is 0 Å². The van der Waals surface area contributed by atoms with Crippen LogP contribution in [0.15, 0.2) is 0 Å². The van der Waals surface area contributed by atoms with Gasteiger partial charge in [0.15, 0.2) is 7.98 Å². The summed E-state index contributed by atoms with van der Waals surface area (Å²) in [5.74, 6) is 0. The molecule has 0 spiro atoms. The molecule has 0 amide bonds. The van der Waals surface area contributed by atoms with Crippen LogP contribution in [0.25, 0.3) is 0 Å². The molecule has 0 aliphatic heterocycles. The maximum atomic E-state index is 7.92. The minimum Gasteiger partial charge on any atom is -0.395 e. The second kappa shape index (κ2) is 3.98. The van der Waals surface area contributed by atoms with Crippen LogP contribution >= 0.6 is 0 Å². The average molecular weight is 70.9 g/mol. The van der Waals surface area contributed by atoms with E-state index in [2.05, 4.69) is 5.23 Å². The van der Waals surface area contributed by atoms with Crippen molar-refractivity contribution in [3.05, 3.63) is 0 Å². The first-order valence-corrected chi connectivity index (χ1v) is 1.46. The van der Waals surface area contributed by atoms with Gasteiger partial charge in [0.1, 0.15) is 0 Å². The highest BCUT2D eigenvalue weighted by Gasteiger charge is 1.66. The summed E-state index contributed by atoms with van der Waals surface area (Å²) >= 11 is 0. The van der Waals surface area contributed by atoms with Crippen molar-refractivity contribution in [1.82, 2.24) is 5.23 Å². The smallest absolute Gasteiger partial charge is 0.177 e. The highest BCUT2D eigenvalue weighted by Crippen LogP contribution is 1.41. The summed E-state index contributed by atoms with van der Waals surface area (Å²) in [7, 11) is 4.73.